The first-order chi connectivity index (χ1) is 8.16. The van der Waals surface area contributed by atoms with Gasteiger partial charge >= 0.3 is 0 Å². The van der Waals surface area contributed by atoms with E-state index in [1.54, 1.807) is 0 Å². The van der Waals surface area contributed by atoms with E-state index >= 15 is 0 Å². The Hall–Kier alpha value is -0.910. The molecule has 0 aliphatic carbocycles. The van der Waals surface area contributed by atoms with Crippen molar-refractivity contribution in [3.8, 4) is 0 Å². The smallest absolute Gasteiger partial charge is 0.255 e. The number of benzene rings is 1. The van der Waals surface area contributed by atoms with Gasteiger partial charge in [0.2, 0.25) is 0 Å². The largest absolute Gasteiger partial charge is 0.376 e. The van der Waals surface area contributed by atoms with Crippen LogP contribution in [0.2, 0.25) is 0 Å². The summed E-state index contributed by atoms with van der Waals surface area (Å²) >= 11 is 3.38. The van der Waals surface area contributed by atoms with Crippen LogP contribution in [0.5, 0.6) is 0 Å². The topological polar surface area (TPSA) is 47.6 Å². The second-order valence-electron chi connectivity index (χ2n) is 3.88. The molecule has 0 aromatic heterocycles. The number of rotatable bonds is 2. The molecule has 1 aromatic rings. The molecule has 0 bridgehead atoms. The third kappa shape index (κ3) is 3.28. The summed E-state index contributed by atoms with van der Waals surface area (Å²) in [7, 11) is 0. The van der Waals surface area contributed by atoms with Crippen molar-refractivity contribution in [2.75, 3.05) is 25.1 Å². The van der Waals surface area contributed by atoms with Crippen LogP contribution < -0.4 is 5.32 Å². The van der Waals surface area contributed by atoms with Crippen molar-refractivity contribution in [3.05, 3.63) is 28.2 Å². The maximum atomic E-state index is 11.9. The molecule has 0 spiro atoms. The van der Waals surface area contributed by atoms with Gasteiger partial charge in [0.15, 0.2) is 6.10 Å². The van der Waals surface area contributed by atoms with Gasteiger partial charge in [0.25, 0.3) is 5.91 Å². The molecule has 2 rings (SSSR count). The molecule has 5 heteroatoms. The zero-order chi connectivity index (χ0) is 12.3. The Morgan fingerprint density at radius 1 is 1.47 bits per heavy atom. The summed E-state index contributed by atoms with van der Waals surface area (Å²) in [6.45, 7) is 3.29. The molecule has 4 nitrogen and oxygen atoms in total. The van der Waals surface area contributed by atoms with Crippen LogP contribution in [0.1, 0.15) is 5.56 Å². The summed E-state index contributed by atoms with van der Waals surface area (Å²) < 4.78 is 11.5. The van der Waals surface area contributed by atoms with Crippen molar-refractivity contribution >= 4 is 27.5 Å². The minimum atomic E-state index is -0.508. The summed E-state index contributed by atoms with van der Waals surface area (Å²) in [6.07, 6.45) is -0.508. The van der Waals surface area contributed by atoms with Gasteiger partial charge in [-0.2, -0.15) is 0 Å². The highest BCUT2D eigenvalue weighted by Crippen LogP contribution is 2.20. The molecule has 1 aliphatic rings. The Balaban J connectivity index is 2.02. The molecule has 1 aliphatic heterocycles. The summed E-state index contributed by atoms with van der Waals surface area (Å²) in [5.41, 5.74) is 1.80. The van der Waals surface area contributed by atoms with Crippen LogP contribution in [0.3, 0.4) is 0 Å². The van der Waals surface area contributed by atoms with E-state index in [4.69, 9.17) is 9.47 Å². The number of carbonyl (C=O) groups excluding carboxylic acids is 1. The molecule has 0 saturated carbocycles. The Kier molecular flexibility index (Phi) is 4.15. The first-order valence-corrected chi connectivity index (χ1v) is 6.22. The van der Waals surface area contributed by atoms with Gasteiger partial charge in [-0.3, -0.25) is 4.79 Å². The van der Waals surface area contributed by atoms with Crippen LogP contribution in [0.25, 0.3) is 0 Å². The van der Waals surface area contributed by atoms with Crippen LogP contribution in [-0.4, -0.2) is 31.8 Å². The summed E-state index contributed by atoms with van der Waals surface area (Å²) in [6, 6.07) is 5.70. The van der Waals surface area contributed by atoms with E-state index in [1.165, 1.54) is 0 Å². The maximum absolute atomic E-state index is 11.9. The average molecular weight is 300 g/mol. The predicted molar refractivity (Wildman–Crippen MR) is 68.1 cm³/mol. The number of aryl methyl sites for hydroxylation is 1. The van der Waals surface area contributed by atoms with Crippen LogP contribution >= 0.6 is 15.9 Å². The lowest BCUT2D eigenvalue weighted by Gasteiger charge is -2.22. The van der Waals surface area contributed by atoms with Crippen molar-refractivity contribution in [1.82, 2.24) is 0 Å². The van der Waals surface area contributed by atoms with Crippen molar-refractivity contribution in [1.29, 1.82) is 0 Å². The molecular formula is C12H14BrNO3. The van der Waals surface area contributed by atoms with E-state index in [0.29, 0.717) is 19.8 Å². The van der Waals surface area contributed by atoms with Crippen molar-refractivity contribution in [3.63, 3.8) is 0 Å². The molecule has 1 N–H and O–H groups in total. The van der Waals surface area contributed by atoms with E-state index in [2.05, 4.69) is 21.2 Å². The Labute approximate surface area is 108 Å². The van der Waals surface area contributed by atoms with Crippen LogP contribution in [0.4, 0.5) is 5.69 Å². The first-order valence-electron chi connectivity index (χ1n) is 5.43. The lowest BCUT2D eigenvalue weighted by molar-refractivity contribution is -0.142. The Morgan fingerprint density at radius 2 is 2.29 bits per heavy atom. The first kappa shape index (κ1) is 12.5. The molecule has 92 valence electrons. The number of halogens is 1. The minimum absolute atomic E-state index is 0.157. The second-order valence-corrected chi connectivity index (χ2v) is 4.80. The number of hydrogen-bond acceptors (Lipinski definition) is 3. The number of ether oxygens (including phenoxy) is 2. The number of carbonyl (C=O) groups is 1. The fraction of sp³-hybridized carbons (Fsp3) is 0.417. The summed E-state index contributed by atoms with van der Waals surface area (Å²) in [5.74, 6) is -0.157. The lowest BCUT2D eigenvalue weighted by atomic mass is 10.2. The number of nitrogens with one attached hydrogen (secondary N) is 1. The van der Waals surface area contributed by atoms with Crippen molar-refractivity contribution in [2.24, 2.45) is 0 Å². The van der Waals surface area contributed by atoms with Gasteiger partial charge < -0.3 is 14.8 Å². The van der Waals surface area contributed by atoms with Crippen LogP contribution in [0, 0.1) is 6.92 Å². The van der Waals surface area contributed by atoms with E-state index in [1.807, 2.05) is 25.1 Å². The van der Waals surface area contributed by atoms with E-state index in [9.17, 15) is 4.79 Å². The molecule has 0 radical (unpaired) electrons. The van der Waals surface area contributed by atoms with Crippen molar-refractivity contribution in [2.45, 2.75) is 13.0 Å². The standard InChI is InChI=1S/C12H14BrNO3/c1-8-6-9(13)2-3-10(8)14-12(15)11-7-16-4-5-17-11/h2-3,6,11H,4-5,7H2,1H3,(H,14,15). The number of amides is 1. The molecule has 1 fully saturated rings. The zero-order valence-corrected chi connectivity index (χ0v) is 11.1. The minimum Gasteiger partial charge on any atom is -0.376 e. The predicted octanol–water partition coefficient (Wildman–Crippen LogP) is 2.11. The molecule has 1 amide bonds. The third-order valence-corrected chi connectivity index (χ3v) is 3.05. The lowest BCUT2D eigenvalue weighted by Crippen LogP contribution is -2.39. The highest BCUT2D eigenvalue weighted by molar-refractivity contribution is 9.10. The van der Waals surface area contributed by atoms with Gasteiger partial charge in [0.1, 0.15) is 0 Å². The maximum Gasteiger partial charge on any atom is 0.255 e. The second kappa shape index (κ2) is 5.62. The van der Waals surface area contributed by atoms with Crippen LogP contribution in [0.15, 0.2) is 22.7 Å². The van der Waals surface area contributed by atoms with Gasteiger partial charge in [-0.05, 0) is 30.7 Å². The van der Waals surface area contributed by atoms with Gasteiger partial charge in [-0.15, -0.1) is 0 Å². The van der Waals surface area contributed by atoms with E-state index < -0.39 is 6.10 Å². The highest BCUT2D eigenvalue weighted by Gasteiger charge is 2.22. The summed E-state index contributed by atoms with van der Waals surface area (Å²) in [4.78, 5) is 11.9. The fourth-order valence-electron chi connectivity index (χ4n) is 1.62. The van der Waals surface area contributed by atoms with Gasteiger partial charge in [0.05, 0.1) is 19.8 Å². The SMILES string of the molecule is Cc1cc(Br)ccc1NC(=O)C1COCCO1. The fourth-order valence-corrected chi connectivity index (χ4v) is 2.10. The molecule has 1 unspecified atom stereocenters. The van der Waals surface area contributed by atoms with Crippen LogP contribution in [-0.2, 0) is 14.3 Å². The monoisotopic (exact) mass is 299 g/mol. The Bertz CT molecular complexity index is 416. The Morgan fingerprint density at radius 3 is 2.94 bits per heavy atom. The van der Waals surface area contributed by atoms with Gasteiger partial charge in [-0.25, -0.2) is 0 Å². The normalized spacial score (nSPS) is 20.0. The quantitative estimate of drug-likeness (QED) is 0.910. The van der Waals surface area contributed by atoms with Gasteiger partial charge in [0, 0.05) is 10.2 Å². The zero-order valence-electron chi connectivity index (χ0n) is 9.53. The van der Waals surface area contributed by atoms with E-state index in [0.717, 1.165) is 15.7 Å². The summed E-state index contributed by atoms with van der Waals surface area (Å²) in [5, 5.41) is 2.84. The van der Waals surface area contributed by atoms with Gasteiger partial charge in [-0.1, -0.05) is 15.9 Å². The highest BCUT2D eigenvalue weighted by atomic mass is 79.9. The molecular weight excluding hydrogens is 286 g/mol. The molecule has 1 saturated heterocycles. The third-order valence-electron chi connectivity index (χ3n) is 2.55. The number of anilines is 1. The average Bonchev–Trinajstić information content (AvgIpc) is 2.34. The number of hydrogen-bond donors (Lipinski definition) is 1. The van der Waals surface area contributed by atoms with E-state index in [-0.39, 0.29) is 5.91 Å². The van der Waals surface area contributed by atoms with Crippen molar-refractivity contribution < 1.29 is 14.3 Å². The molecule has 1 aromatic carbocycles. The molecule has 17 heavy (non-hydrogen) atoms. The molecule has 1 atom stereocenters. The molecule has 1 heterocycles.